The molecule has 0 radical (unpaired) electrons. The lowest BCUT2D eigenvalue weighted by atomic mass is 10.3. The van der Waals surface area contributed by atoms with Crippen LogP contribution in [0.15, 0.2) is 22.7 Å². The van der Waals surface area contributed by atoms with Crippen LogP contribution in [0, 0.1) is 0 Å². The number of hydrogen-bond acceptors (Lipinski definition) is 5. The molecule has 88 valence electrons. The first kappa shape index (κ1) is 12.9. The van der Waals surface area contributed by atoms with Crippen molar-refractivity contribution in [1.29, 1.82) is 0 Å². The van der Waals surface area contributed by atoms with E-state index in [-0.39, 0.29) is 5.75 Å². The van der Waals surface area contributed by atoms with Crippen LogP contribution in [0.5, 0.6) is 5.75 Å². The Bertz CT molecular complexity index is 513. The zero-order valence-electron chi connectivity index (χ0n) is 7.88. The molecule has 1 aromatic rings. The molecule has 0 heterocycles. The van der Waals surface area contributed by atoms with E-state index in [1.54, 1.807) is 0 Å². The number of benzene rings is 1. The molecule has 1 aromatic carbocycles. The van der Waals surface area contributed by atoms with Gasteiger partial charge in [-0.15, -0.1) is 0 Å². The van der Waals surface area contributed by atoms with Crippen LogP contribution in [0.4, 0.5) is 5.69 Å². The molecule has 16 heavy (non-hydrogen) atoms. The molecule has 0 saturated carbocycles. The van der Waals surface area contributed by atoms with Gasteiger partial charge in [-0.2, -0.15) is 8.42 Å². The highest BCUT2D eigenvalue weighted by molar-refractivity contribution is 9.10. The highest BCUT2D eigenvalue weighted by Crippen LogP contribution is 2.26. The summed E-state index contributed by atoms with van der Waals surface area (Å²) in [6.07, 6.45) is 0. The van der Waals surface area contributed by atoms with Gasteiger partial charge in [0.05, 0.1) is 4.47 Å². The topological polar surface area (TPSA) is 107 Å². The molecule has 1 rings (SSSR count). The van der Waals surface area contributed by atoms with Crippen molar-refractivity contribution in [3.05, 3.63) is 22.7 Å². The van der Waals surface area contributed by atoms with Crippen LogP contribution in [0.1, 0.15) is 0 Å². The molecule has 0 amide bonds. The van der Waals surface area contributed by atoms with Crippen LogP contribution < -0.4 is 10.5 Å². The second-order valence-corrected chi connectivity index (χ2v) is 5.20. The van der Waals surface area contributed by atoms with Crippen molar-refractivity contribution in [2.24, 2.45) is 0 Å². The monoisotopic (exact) mass is 309 g/mol. The van der Waals surface area contributed by atoms with Crippen LogP contribution in [0.2, 0.25) is 0 Å². The van der Waals surface area contributed by atoms with Crippen molar-refractivity contribution in [1.82, 2.24) is 0 Å². The van der Waals surface area contributed by atoms with Crippen molar-refractivity contribution >= 4 is 37.7 Å². The second kappa shape index (κ2) is 4.81. The highest BCUT2D eigenvalue weighted by atomic mass is 79.9. The maximum absolute atomic E-state index is 11.1. The molecule has 0 atom stereocenters. The fourth-order valence-corrected chi connectivity index (χ4v) is 1.74. The summed E-state index contributed by atoms with van der Waals surface area (Å²) in [4.78, 5) is 11.1. The van der Waals surface area contributed by atoms with Gasteiger partial charge >= 0.3 is 5.97 Å². The van der Waals surface area contributed by atoms with Gasteiger partial charge in [0, 0.05) is 5.69 Å². The molecule has 0 aliphatic rings. The Balaban J connectivity index is 2.78. The third kappa shape index (κ3) is 4.17. The average Bonchev–Trinajstić information content (AvgIpc) is 2.06. The van der Waals surface area contributed by atoms with E-state index in [0.717, 1.165) is 0 Å². The minimum atomic E-state index is -4.38. The van der Waals surface area contributed by atoms with E-state index in [1.165, 1.54) is 18.2 Å². The van der Waals surface area contributed by atoms with Crippen molar-refractivity contribution < 1.29 is 22.5 Å². The normalized spacial score (nSPS) is 11.1. The van der Waals surface area contributed by atoms with Gasteiger partial charge in [-0.3, -0.25) is 9.35 Å². The molecule has 6 nitrogen and oxygen atoms in total. The molecule has 0 unspecified atom stereocenters. The number of hydrogen-bond donors (Lipinski definition) is 2. The number of carbonyl (C=O) groups excluding carboxylic acids is 1. The summed E-state index contributed by atoms with van der Waals surface area (Å²) in [5, 5.41) is 0. The van der Waals surface area contributed by atoms with Crippen LogP contribution in [0.3, 0.4) is 0 Å². The fraction of sp³-hybridized carbons (Fsp3) is 0.125. The van der Waals surface area contributed by atoms with Crippen molar-refractivity contribution in [3.63, 3.8) is 0 Å². The zero-order chi connectivity index (χ0) is 12.3. The summed E-state index contributed by atoms with van der Waals surface area (Å²) in [5.41, 5.74) is 5.91. The summed E-state index contributed by atoms with van der Waals surface area (Å²) in [6, 6.07) is 4.39. The first-order valence-electron chi connectivity index (χ1n) is 3.99. The Morgan fingerprint density at radius 1 is 1.50 bits per heavy atom. The largest absolute Gasteiger partial charge is 0.425 e. The van der Waals surface area contributed by atoms with Crippen LogP contribution >= 0.6 is 15.9 Å². The summed E-state index contributed by atoms with van der Waals surface area (Å²) >= 11 is 3.09. The highest BCUT2D eigenvalue weighted by Gasteiger charge is 2.16. The molecule has 0 saturated heterocycles. The lowest BCUT2D eigenvalue weighted by Crippen LogP contribution is -2.20. The molecule has 0 spiro atoms. The van der Waals surface area contributed by atoms with E-state index in [0.29, 0.717) is 10.2 Å². The van der Waals surface area contributed by atoms with E-state index in [4.69, 9.17) is 15.0 Å². The smallest absolute Gasteiger partial charge is 0.329 e. The number of rotatable bonds is 3. The Kier molecular flexibility index (Phi) is 3.89. The molecule has 0 bridgehead atoms. The predicted molar refractivity (Wildman–Crippen MR) is 60.6 cm³/mol. The third-order valence-electron chi connectivity index (χ3n) is 1.48. The van der Waals surface area contributed by atoms with Gasteiger partial charge < -0.3 is 10.5 Å². The van der Waals surface area contributed by atoms with Gasteiger partial charge in [0.2, 0.25) is 0 Å². The predicted octanol–water partition coefficient (Wildman–Crippen LogP) is 0.825. The average molecular weight is 310 g/mol. The zero-order valence-corrected chi connectivity index (χ0v) is 10.3. The van der Waals surface area contributed by atoms with E-state index in [9.17, 15) is 13.2 Å². The molecule has 8 heteroatoms. The first-order valence-corrected chi connectivity index (χ1v) is 6.39. The van der Waals surface area contributed by atoms with Gasteiger partial charge in [-0.05, 0) is 34.1 Å². The number of esters is 1. The molecule has 0 aromatic heterocycles. The second-order valence-electron chi connectivity index (χ2n) is 2.89. The molecular formula is C8H8BrNO5S. The molecule has 0 aliphatic carbocycles. The number of ether oxygens (including phenoxy) is 1. The standard InChI is InChI=1S/C8H8BrNO5S/c9-6-3-5(10)1-2-7(6)15-8(11)4-16(12,13)14/h1-3H,4,10H2,(H,12,13,14). The molecule has 3 N–H and O–H groups in total. The SMILES string of the molecule is Nc1ccc(OC(=O)CS(=O)(=O)O)c(Br)c1. The van der Waals surface area contributed by atoms with Crippen molar-refractivity contribution in [3.8, 4) is 5.75 Å². The number of nitrogens with two attached hydrogens (primary N) is 1. The van der Waals surface area contributed by atoms with Crippen molar-refractivity contribution in [2.45, 2.75) is 0 Å². The number of halogens is 1. The molecular weight excluding hydrogens is 302 g/mol. The van der Waals surface area contributed by atoms with Crippen LogP contribution in [-0.4, -0.2) is 24.7 Å². The maximum atomic E-state index is 11.1. The molecule has 0 fully saturated rings. The van der Waals surface area contributed by atoms with Crippen molar-refractivity contribution in [2.75, 3.05) is 11.5 Å². The van der Waals surface area contributed by atoms with Crippen LogP contribution in [0.25, 0.3) is 0 Å². The summed E-state index contributed by atoms with van der Waals surface area (Å²) in [5.74, 6) is -2.04. The maximum Gasteiger partial charge on any atom is 0.329 e. The summed E-state index contributed by atoms with van der Waals surface area (Å²) in [6.45, 7) is 0. The van der Waals surface area contributed by atoms with E-state index in [1.807, 2.05) is 0 Å². The molecule has 0 aliphatic heterocycles. The van der Waals surface area contributed by atoms with Gasteiger partial charge in [-0.25, -0.2) is 0 Å². The van der Waals surface area contributed by atoms with Gasteiger partial charge in [0.25, 0.3) is 10.1 Å². The Morgan fingerprint density at radius 3 is 2.62 bits per heavy atom. The van der Waals surface area contributed by atoms with E-state index >= 15 is 0 Å². The van der Waals surface area contributed by atoms with E-state index < -0.39 is 21.8 Å². The Morgan fingerprint density at radius 2 is 2.12 bits per heavy atom. The Hall–Kier alpha value is -1.12. The summed E-state index contributed by atoms with van der Waals surface area (Å²) < 4.78 is 34.3. The quantitative estimate of drug-likeness (QED) is 0.370. The lowest BCUT2D eigenvalue weighted by Gasteiger charge is -2.05. The third-order valence-corrected chi connectivity index (χ3v) is 2.70. The van der Waals surface area contributed by atoms with Gasteiger partial charge in [0.1, 0.15) is 5.75 Å². The van der Waals surface area contributed by atoms with E-state index in [2.05, 4.69) is 15.9 Å². The number of anilines is 1. The fourth-order valence-electron chi connectivity index (χ4n) is 0.901. The number of carbonyl (C=O) groups is 1. The lowest BCUT2D eigenvalue weighted by molar-refractivity contribution is -0.131. The minimum Gasteiger partial charge on any atom is -0.425 e. The minimum absolute atomic E-state index is 0.128. The first-order chi connectivity index (χ1) is 7.28. The summed E-state index contributed by atoms with van der Waals surface area (Å²) in [7, 11) is -4.38. The number of nitrogen functional groups attached to an aromatic ring is 1. The van der Waals surface area contributed by atoms with Gasteiger partial charge in [-0.1, -0.05) is 0 Å². The van der Waals surface area contributed by atoms with Crippen LogP contribution in [-0.2, 0) is 14.9 Å². The Labute approximate surface area is 100 Å². The van der Waals surface area contributed by atoms with Gasteiger partial charge in [0.15, 0.2) is 5.75 Å².